The zero-order valence-electron chi connectivity index (χ0n) is 25.0. The standard InChI is InChI=1S/C34H34N4O8/c35-23-27(21-25-1-5-29(6-2-25)37(13-17-39)14-18-40)33(43)45-31-9-11-32(12-10-31)46-34(44)28(24-36)22-26-3-7-30(8-4-26)38(15-19-41)16-20-42/h1-12,21-22,39-42H,13-20H2. The average molecular weight is 627 g/mol. The molecule has 3 rings (SSSR count). The first-order valence-electron chi connectivity index (χ1n) is 14.3. The summed E-state index contributed by atoms with van der Waals surface area (Å²) in [5.41, 5.74) is 2.14. The number of benzene rings is 3. The third kappa shape index (κ3) is 10.3. The first-order chi connectivity index (χ1) is 22.3. The molecule has 0 fully saturated rings. The van der Waals surface area contributed by atoms with Gasteiger partial charge in [0.05, 0.1) is 26.4 Å². The minimum absolute atomic E-state index is 0.0803. The summed E-state index contributed by atoms with van der Waals surface area (Å²) in [5, 5.41) is 56.0. The molecule has 46 heavy (non-hydrogen) atoms. The van der Waals surface area contributed by atoms with Crippen LogP contribution in [0.1, 0.15) is 11.1 Å². The Labute approximate surface area is 266 Å². The minimum Gasteiger partial charge on any atom is -0.422 e. The van der Waals surface area contributed by atoms with E-state index in [4.69, 9.17) is 9.47 Å². The fraction of sp³-hybridized carbons (Fsp3) is 0.235. The number of ether oxygens (including phenoxy) is 2. The first-order valence-corrected chi connectivity index (χ1v) is 14.3. The second-order valence-corrected chi connectivity index (χ2v) is 9.64. The number of anilines is 2. The van der Waals surface area contributed by atoms with Crippen molar-refractivity contribution < 1.29 is 39.5 Å². The Balaban J connectivity index is 1.63. The highest BCUT2D eigenvalue weighted by Crippen LogP contribution is 2.22. The molecule has 0 bridgehead atoms. The molecule has 0 atom stereocenters. The van der Waals surface area contributed by atoms with Crippen LogP contribution in [0.4, 0.5) is 11.4 Å². The van der Waals surface area contributed by atoms with Crippen LogP contribution in [-0.4, -0.2) is 85.0 Å². The van der Waals surface area contributed by atoms with E-state index in [0.717, 1.165) is 11.4 Å². The van der Waals surface area contributed by atoms with E-state index in [1.165, 1.54) is 36.4 Å². The highest BCUT2D eigenvalue weighted by atomic mass is 16.5. The largest absolute Gasteiger partial charge is 0.422 e. The lowest BCUT2D eigenvalue weighted by atomic mass is 10.1. The van der Waals surface area contributed by atoms with Crippen LogP contribution in [-0.2, 0) is 9.59 Å². The molecule has 4 N–H and O–H groups in total. The molecule has 0 aliphatic carbocycles. The molecule has 238 valence electrons. The zero-order valence-corrected chi connectivity index (χ0v) is 25.0. The molecule has 12 nitrogen and oxygen atoms in total. The second-order valence-electron chi connectivity index (χ2n) is 9.64. The molecule has 0 amide bonds. The number of carbonyl (C=O) groups excluding carboxylic acids is 2. The van der Waals surface area contributed by atoms with Crippen molar-refractivity contribution in [3.8, 4) is 23.6 Å². The Morgan fingerprint density at radius 2 is 0.870 bits per heavy atom. The van der Waals surface area contributed by atoms with E-state index in [1.807, 2.05) is 12.1 Å². The number of aliphatic hydroxyl groups is 4. The van der Waals surface area contributed by atoms with Gasteiger partial charge in [-0.05, 0) is 71.8 Å². The number of esters is 2. The number of rotatable bonds is 16. The third-order valence-electron chi connectivity index (χ3n) is 6.54. The Hall–Kier alpha value is -5.50. The molecule has 3 aromatic carbocycles. The van der Waals surface area contributed by atoms with Gasteiger partial charge in [0.2, 0.25) is 0 Å². The molecule has 0 saturated heterocycles. The van der Waals surface area contributed by atoms with Gasteiger partial charge in [-0.25, -0.2) is 9.59 Å². The quantitative estimate of drug-likeness (QED) is 0.0788. The predicted molar refractivity (Wildman–Crippen MR) is 171 cm³/mol. The van der Waals surface area contributed by atoms with Crippen molar-refractivity contribution in [2.75, 3.05) is 62.4 Å². The second kappa shape index (κ2) is 18.3. The van der Waals surface area contributed by atoms with Crippen LogP contribution in [0.25, 0.3) is 12.2 Å². The lowest BCUT2D eigenvalue weighted by molar-refractivity contribution is -0.130. The summed E-state index contributed by atoms with van der Waals surface area (Å²) in [5.74, 6) is -1.60. The molecule has 0 heterocycles. The Morgan fingerprint density at radius 1 is 0.565 bits per heavy atom. The average Bonchev–Trinajstić information content (AvgIpc) is 3.07. The van der Waals surface area contributed by atoms with Crippen molar-refractivity contribution in [2.24, 2.45) is 0 Å². The summed E-state index contributed by atoms with van der Waals surface area (Å²) < 4.78 is 10.6. The van der Waals surface area contributed by atoms with E-state index in [1.54, 1.807) is 58.3 Å². The van der Waals surface area contributed by atoms with Gasteiger partial charge in [-0.2, -0.15) is 10.5 Å². The van der Waals surface area contributed by atoms with Gasteiger partial charge >= 0.3 is 11.9 Å². The minimum atomic E-state index is -0.893. The maximum absolute atomic E-state index is 12.7. The third-order valence-corrected chi connectivity index (χ3v) is 6.54. The Morgan fingerprint density at radius 3 is 1.13 bits per heavy atom. The van der Waals surface area contributed by atoms with Crippen LogP contribution in [0.15, 0.2) is 83.9 Å². The molecular formula is C34H34N4O8. The SMILES string of the molecule is N#CC(=Cc1ccc(N(CCO)CCO)cc1)C(=O)Oc1ccc(OC(=O)C(C#N)=Cc2ccc(N(CCO)CCO)cc2)cc1. The highest BCUT2D eigenvalue weighted by Gasteiger charge is 2.15. The van der Waals surface area contributed by atoms with Crippen LogP contribution in [0.2, 0.25) is 0 Å². The number of nitriles is 2. The van der Waals surface area contributed by atoms with E-state index in [2.05, 4.69) is 0 Å². The van der Waals surface area contributed by atoms with Gasteiger partial charge in [0.25, 0.3) is 0 Å². The Kier molecular flexibility index (Phi) is 13.9. The van der Waals surface area contributed by atoms with Crippen LogP contribution in [0.3, 0.4) is 0 Å². The van der Waals surface area contributed by atoms with E-state index in [9.17, 15) is 40.5 Å². The summed E-state index contributed by atoms with van der Waals surface area (Å²) in [6, 6.07) is 22.9. The molecule has 0 saturated carbocycles. The molecule has 0 spiro atoms. The molecule has 0 aromatic heterocycles. The Bertz CT molecular complexity index is 1460. The van der Waals surface area contributed by atoms with Crippen LogP contribution >= 0.6 is 0 Å². The molecule has 0 radical (unpaired) electrons. The molecule has 3 aromatic rings. The van der Waals surface area contributed by atoms with Gasteiger partial charge in [-0.15, -0.1) is 0 Å². The van der Waals surface area contributed by atoms with Gasteiger partial charge in [-0.1, -0.05) is 24.3 Å². The molecule has 0 aliphatic rings. The van der Waals surface area contributed by atoms with Crippen LogP contribution < -0.4 is 19.3 Å². The monoisotopic (exact) mass is 626 g/mol. The summed E-state index contributed by atoms with van der Waals surface area (Å²) in [6.45, 7) is 1.04. The molecule has 12 heteroatoms. The number of nitrogens with zero attached hydrogens (tertiary/aromatic N) is 4. The fourth-order valence-corrected chi connectivity index (χ4v) is 4.29. The van der Waals surface area contributed by atoms with E-state index < -0.39 is 11.9 Å². The van der Waals surface area contributed by atoms with E-state index >= 15 is 0 Å². The summed E-state index contributed by atoms with van der Waals surface area (Å²) in [4.78, 5) is 28.9. The van der Waals surface area contributed by atoms with Crippen molar-refractivity contribution in [2.45, 2.75) is 0 Å². The predicted octanol–water partition coefficient (Wildman–Crippen LogP) is 2.29. The van der Waals surface area contributed by atoms with Gasteiger partial charge in [0.1, 0.15) is 34.8 Å². The van der Waals surface area contributed by atoms with Crippen molar-refractivity contribution in [1.82, 2.24) is 0 Å². The smallest absolute Gasteiger partial charge is 0.354 e. The van der Waals surface area contributed by atoms with Crippen LogP contribution in [0.5, 0.6) is 11.5 Å². The lowest BCUT2D eigenvalue weighted by Crippen LogP contribution is -2.29. The number of aliphatic hydroxyl groups excluding tert-OH is 4. The summed E-state index contributed by atoms with van der Waals surface area (Å²) in [6.07, 6.45) is 2.74. The highest BCUT2D eigenvalue weighted by molar-refractivity contribution is 6.00. The molecule has 0 aliphatic heterocycles. The van der Waals surface area contributed by atoms with Crippen LogP contribution in [0, 0.1) is 22.7 Å². The van der Waals surface area contributed by atoms with Gasteiger partial charge in [0.15, 0.2) is 0 Å². The lowest BCUT2D eigenvalue weighted by Gasteiger charge is -2.22. The van der Waals surface area contributed by atoms with Crippen molar-refractivity contribution >= 4 is 35.5 Å². The van der Waals surface area contributed by atoms with Gasteiger partial charge < -0.3 is 39.7 Å². The number of hydrogen-bond donors (Lipinski definition) is 4. The summed E-state index contributed by atoms with van der Waals surface area (Å²) >= 11 is 0. The topological polar surface area (TPSA) is 188 Å². The zero-order chi connectivity index (χ0) is 33.3. The fourth-order valence-electron chi connectivity index (χ4n) is 4.29. The van der Waals surface area contributed by atoms with Crippen molar-refractivity contribution in [1.29, 1.82) is 10.5 Å². The van der Waals surface area contributed by atoms with Gasteiger partial charge in [0, 0.05) is 37.6 Å². The first kappa shape index (κ1) is 35.0. The number of hydrogen-bond acceptors (Lipinski definition) is 12. The van der Waals surface area contributed by atoms with Gasteiger partial charge in [-0.3, -0.25) is 0 Å². The summed E-state index contributed by atoms with van der Waals surface area (Å²) in [7, 11) is 0. The normalized spacial score (nSPS) is 11.3. The molecule has 0 unspecified atom stereocenters. The van der Waals surface area contributed by atoms with E-state index in [0.29, 0.717) is 37.3 Å². The number of carbonyl (C=O) groups is 2. The van der Waals surface area contributed by atoms with Crippen molar-refractivity contribution in [3.63, 3.8) is 0 Å². The molecular weight excluding hydrogens is 592 g/mol. The maximum atomic E-state index is 12.7. The van der Waals surface area contributed by atoms with E-state index in [-0.39, 0.29) is 49.1 Å². The maximum Gasteiger partial charge on any atom is 0.354 e. The van der Waals surface area contributed by atoms with Crippen molar-refractivity contribution in [3.05, 3.63) is 95.1 Å².